The molecule has 18 heavy (non-hydrogen) atoms. The van der Waals surface area contributed by atoms with E-state index in [2.05, 4.69) is 0 Å². The van der Waals surface area contributed by atoms with Gasteiger partial charge in [0.05, 0.1) is 12.4 Å². The molecular formula is C12H10N2O4. The first-order chi connectivity index (χ1) is 8.56. The van der Waals surface area contributed by atoms with Gasteiger partial charge in [-0.2, -0.15) is 0 Å². The summed E-state index contributed by atoms with van der Waals surface area (Å²) in [5, 5.41) is 41.0. The lowest BCUT2D eigenvalue weighted by Crippen LogP contribution is -2.32. The number of hydrogen-bond donors (Lipinski definition) is 4. The number of nitrogens with zero attached hydrogens (tertiary/aromatic N) is 2. The van der Waals surface area contributed by atoms with Gasteiger partial charge < -0.3 is 10.2 Å². The molecule has 0 atom stereocenters. The van der Waals surface area contributed by atoms with E-state index in [4.69, 9.17) is 0 Å². The molecule has 0 amide bonds. The number of aliphatic hydroxyl groups excluding tert-OH is 2. The summed E-state index contributed by atoms with van der Waals surface area (Å²) >= 11 is 0. The molecule has 0 radical (unpaired) electrons. The van der Waals surface area contributed by atoms with Crippen molar-refractivity contribution in [2.24, 2.45) is 0 Å². The van der Waals surface area contributed by atoms with Gasteiger partial charge in [-0.3, -0.25) is 10.4 Å². The van der Waals surface area contributed by atoms with E-state index >= 15 is 0 Å². The van der Waals surface area contributed by atoms with E-state index in [9.17, 15) is 20.6 Å². The molecule has 0 aromatic heterocycles. The van der Waals surface area contributed by atoms with Crippen molar-refractivity contribution in [3.8, 4) is 0 Å². The Hall–Kier alpha value is -2.44. The number of hydrogen-bond acceptors (Lipinski definition) is 6. The van der Waals surface area contributed by atoms with Crippen molar-refractivity contribution in [3.05, 3.63) is 46.5 Å². The first-order valence-corrected chi connectivity index (χ1v) is 5.20. The van der Waals surface area contributed by atoms with Crippen LogP contribution in [0.4, 0.5) is 11.4 Å². The minimum Gasteiger partial charge on any atom is -0.506 e. The minimum absolute atomic E-state index is 0.0902. The molecule has 92 valence electrons. The standard InChI is InChI=1S/C12H10N2O4/c15-9-3-7-1-2-8-4-10(16)6-14(18)12(8)11(7)13(17)5-9/h1-6,15-18H. The number of anilines is 2. The van der Waals surface area contributed by atoms with Crippen LogP contribution in [0.1, 0.15) is 0 Å². The van der Waals surface area contributed by atoms with Gasteiger partial charge in [0, 0.05) is 10.4 Å². The molecule has 1 aromatic rings. The Morgan fingerprint density at radius 2 is 1.11 bits per heavy atom. The Bertz CT molecular complexity index is 645. The van der Waals surface area contributed by atoms with Crippen LogP contribution in [0.15, 0.2) is 36.1 Å². The third-order valence-corrected chi connectivity index (χ3v) is 2.79. The Morgan fingerprint density at radius 3 is 1.50 bits per heavy atom. The average Bonchev–Trinajstić information content (AvgIpc) is 2.28. The maximum atomic E-state index is 9.81. The molecule has 6 heteroatoms. The fourth-order valence-corrected chi connectivity index (χ4v) is 2.10. The molecule has 0 bridgehead atoms. The predicted molar refractivity (Wildman–Crippen MR) is 64.6 cm³/mol. The molecule has 0 saturated carbocycles. The number of fused-ring (bicyclic) bond motifs is 3. The van der Waals surface area contributed by atoms with Gasteiger partial charge in [0.2, 0.25) is 0 Å². The molecule has 1 aromatic carbocycles. The summed E-state index contributed by atoms with van der Waals surface area (Å²) in [5.74, 6) is -0.180. The maximum Gasteiger partial charge on any atom is 0.134 e. The van der Waals surface area contributed by atoms with Crippen LogP contribution in [0, 0.1) is 0 Å². The highest BCUT2D eigenvalue weighted by atomic mass is 16.5. The average molecular weight is 246 g/mol. The van der Waals surface area contributed by atoms with Crippen molar-refractivity contribution in [2.45, 2.75) is 0 Å². The monoisotopic (exact) mass is 246 g/mol. The lowest BCUT2D eigenvalue weighted by Gasteiger charge is -2.25. The van der Waals surface area contributed by atoms with Gasteiger partial charge in [0.15, 0.2) is 0 Å². The zero-order valence-corrected chi connectivity index (χ0v) is 9.15. The first-order valence-electron chi connectivity index (χ1n) is 5.20. The van der Waals surface area contributed by atoms with Crippen LogP contribution in [-0.2, 0) is 0 Å². The van der Waals surface area contributed by atoms with E-state index in [-0.39, 0.29) is 11.5 Å². The summed E-state index contributed by atoms with van der Waals surface area (Å²) in [6, 6.07) is 3.34. The third kappa shape index (κ3) is 1.44. The van der Waals surface area contributed by atoms with Crippen LogP contribution in [0.5, 0.6) is 0 Å². The van der Waals surface area contributed by atoms with Crippen molar-refractivity contribution in [2.75, 3.05) is 10.1 Å². The number of aliphatic hydroxyl groups is 2. The van der Waals surface area contributed by atoms with Crippen molar-refractivity contribution in [3.63, 3.8) is 0 Å². The fraction of sp³-hybridized carbons (Fsp3) is 0. The number of rotatable bonds is 0. The molecule has 2 aliphatic heterocycles. The predicted octanol–water partition coefficient (Wildman–Crippen LogP) is 0.465. The minimum atomic E-state index is -0.0902. The van der Waals surface area contributed by atoms with E-state index in [1.165, 1.54) is 12.2 Å². The quantitative estimate of drug-likeness (QED) is 0.532. The van der Waals surface area contributed by atoms with E-state index in [1.54, 1.807) is 12.1 Å². The summed E-state index contributed by atoms with van der Waals surface area (Å²) in [6.07, 6.45) is 5.17. The highest BCUT2D eigenvalue weighted by Gasteiger charge is 2.20. The topological polar surface area (TPSA) is 87.4 Å². The van der Waals surface area contributed by atoms with Gasteiger partial charge in [-0.1, -0.05) is 12.1 Å². The Balaban J connectivity index is 2.37. The Kier molecular flexibility index (Phi) is 2.09. The summed E-state index contributed by atoms with van der Waals surface area (Å²) in [6.45, 7) is 0. The SMILES string of the molecule is OC1=CN(O)c2c3c(ccc2=C1)=CC(O)=CN3O. The number of hydroxylamine groups is 2. The van der Waals surface area contributed by atoms with Crippen LogP contribution in [0.25, 0.3) is 12.2 Å². The highest BCUT2D eigenvalue weighted by molar-refractivity contribution is 5.79. The summed E-state index contributed by atoms with van der Waals surface area (Å²) < 4.78 is 0. The molecule has 6 nitrogen and oxygen atoms in total. The van der Waals surface area contributed by atoms with Crippen LogP contribution in [0.3, 0.4) is 0 Å². The third-order valence-electron chi connectivity index (χ3n) is 2.79. The smallest absolute Gasteiger partial charge is 0.134 e. The van der Waals surface area contributed by atoms with Gasteiger partial charge in [0.1, 0.15) is 22.9 Å². The van der Waals surface area contributed by atoms with Crippen molar-refractivity contribution < 1.29 is 20.6 Å². The summed E-state index contributed by atoms with van der Waals surface area (Å²) in [5.41, 5.74) is 0.653. The molecule has 0 aliphatic carbocycles. The van der Waals surface area contributed by atoms with E-state index < -0.39 is 0 Å². The Morgan fingerprint density at radius 1 is 0.722 bits per heavy atom. The van der Waals surface area contributed by atoms with Crippen LogP contribution in [-0.4, -0.2) is 20.6 Å². The van der Waals surface area contributed by atoms with E-state index in [0.29, 0.717) is 21.8 Å². The summed E-state index contributed by atoms with van der Waals surface area (Å²) in [7, 11) is 0. The molecule has 0 unspecified atom stereocenters. The van der Waals surface area contributed by atoms with Crippen molar-refractivity contribution >= 4 is 23.5 Å². The molecule has 0 fully saturated rings. The highest BCUT2D eigenvalue weighted by Crippen LogP contribution is 2.25. The summed E-state index contributed by atoms with van der Waals surface area (Å²) in [4.78, 5) is 0. The van der Waals surface area contributed by atoms with Crippen LogP contribution >= 0.6 is 0 Å². The second-order valence-electron chi connectivity index (χ2n) is 4.03. The molecule has 0 spiro atoms. The van der Waals surface area contributed by atoms with Gasteiger partial charge >= 0.3 is 0 Å². The second kappa shape index (κ2) is 3.52. The molecule has 4 N–H and O–H groups in total. The maximum absolute atomic E-state index is 9.81. The molecule has 2 aliphatic rings. The molecule has 2 heterocycles. The molecular weight excluding hydrogens is 236 g/mol. The molecule has 0 saturated heterocycles. The number of allylic oxidation sites excluding steroid dienone is 2. The zero-order chi connectivity index (χ0) is 12.9. The van der Waals surface area contributed by atoms with Gasteiger partial charge in [-0.25, -0.2) is 10.1 Å². The van der Waals surface area contributed by atoms with Crippen LogP contribution < -0.4 is 20.6 Å². The first kappa shape index (κ1) is 10.7. The van der Waals surface area contributed by atoms with Crippen molar-refractivity contribution in [1.82, 2.24) is 0 Å². The normalized spacial score (nSPS) is 17.0. The molecule has 3 rings (SSSR count). The van der Waals surface area contributed by atoms with Crippen molar-refractivity contribution in [1.29, 1.82) is 0 Å². The van der Waals surface area contributed by atoms with E-state index in [1.807, 2.05) is 0 Å². The second-order valence-corrected chi connectivity index (χ2v) is 4.03. The largest absolute Gasteiger partial charge is 0.506 e. The van der Waals surface area contributed by atoms with Gasteiger partial charge in [-0.05, 0) is 12.2 Å². The fourth-order valence-electron chi connectivity index (χ4n) is 2.10. The van der Waals surface area contributed by atoms with Crippen LogP contribution in [0.2, 0.25) is 0 Å². The Labute approximate surface area is 101 Å². The number of benzene rings is 1. The zero-order valence-electron chi connectivity index (χ0n) is 9.15. The van der Waals surface area contributed by atoms with Gasteiger partial charge in [0.25, 0.3) is 0 Å². The van der Waals surface area contributed by atoms with Gasteiger partial charge in [-0.15, -0.1) is 0 Å². The lowest BCUT2D eigenvalue weighted by atomic mass is 10.1. The van der Waals surface area contributed by atoms with E-state index in [0.717, 1.165) is 22.5 Å². The lowest BCUT2D eigenvalue weighted by molar-refractivity contribution is 0.272.